The number of methoxy groups -OCH3 is 1. The molecule has 2 aromatic carbocycles. The molecule has 0 radical (unpaired) electrons. The zero-order chi connectivity index (χ0) is 24.1. The SMILES string of the molecule is COc1ccc(CN2CCC(CNC(=O)c3nn(-c4ccccc4F)c(C)cc3=O)CC2)cc1. The van der Waals surface area contributed by atoms with Crippen molar-refractivity contribution in [1.82, 2.24) is 20.0 Å². The lowest BCUT2D eigenvalue weighted by molar-refractivity contribution is 0.0927. The van der Waals surface area contributed by atoms with Gasteiger partial charge in [-0.2, -0.15) is 5.10 Å². The summed E-state index contributed by atoms with van der Waals surface area (Å²) in [5.41, 5.74) is 1.18. The lowest BCUT2D eigenvalue weighted by Crippen LogP contribution is -2.39. The number of rotatable bonds is 7. The third-order valence-electron chi connectivity index (χ3n) is 6.23. The summed E-state index contributed by atoms with van der Waals surface area (Å²) in [5.74, 6) is 0.169. The Morgan fingerprint density at radius 3 is 2.53 bits per heavy atom. The van der Waals surface area contributed by atoms with Crippen LogP contribution in [0, 0.1) is 18.7 Å². The van der Waals surface area contributed by atoms with Crippen LogP contribution in [0.4, 0.5) is 4.39 Å². The van der Waals surface area contributed by atoms with E-state index >= 15 is 0 Å². The maximum atomic E-state index is 14.2. The molecule has 1 fully saturated rings. The number of aryl methyl sites for hydroxylation is 1. The van der Waals surface area contributed by atoms with Gasteiger partial charge in [0.15, 0.2) is 5.69 Å². The molecule has 0 saturated carbocycles. The maximum absolute atomic E-state index is 14.2. The van der Waals surface area contributed by atoms with Crippen molar-refractivity contribution in [2.75, 3.05) is 26.7 Å². The number of piperidine rings is 1. The second-order valence-electron chi connectivity index (χ2n) is 8.64. The van der Waals surface area contributed by atoms with E-state index < -0.39 is 17.2 Å². The van der Waals surface area contributed by atoms with Gasteiger partial charge < -0.3 is 10.1 Å². The smallest absolute Gasteiger partial charge is 0.275 e. The topological polar surface area (TPSA) is 76.5 Å². The number of aromatic nitrogens is 2. The van der Waals surface area contributed by atoms with E-state index in [1.807, 2.05) is 12.1 Å². The van der Waals surface area contributed by atoms with E-state index in [0.29, 0.717) is 18.2 Å². The average molecular weight is 465 g/mol. The molecule has 2 heterocycles. The lowest BCUT2D eigenvalue weighted by atomic mass is 9.96. The van der Waals surface area contributed by atoms with Crippen LogP contribution in [0.5, 0.6) is 5.75 Å². The van der Waals surface area contributed by atoms with Crippen LogP contribution in [0.25, 0.3) is 5.69 Å². The van der Waals surface area contributed by atoms with Gasteiger partial charge in [-0.05, 0) is 68.6 Å². The van der Waals surface area contributed by atoms with Gasteiger partial charge in [-0.1, -0.05) is 24.3 Å². The molecule has 1 aliphatic rings. The summed E-state index contributed by atoms with van der Waals surface area (Å²) in [5, 5.41) is 7.03. The summed E-state index contributed by atoms with van der Waals surface area (Å²) >= 11 is 0. The van der Waals surface area contributed by atoms with Gasteiger partial charge in [-0.3, -0.25) is 14.5 Å². The molecule has 178 valence electrons. The minimum Gasteiger partial charge on any atom is -0.497 e. The van der Waals surface area contributed by atoms with E-state index in [1.165, 1.54) is 22.4 Å². The molecule has 4 rings (SSSR count). The number of para-hydroxylation sites is 1. The molecule has 0 aliphatic carbocycles. The first kappa shape index (κ1) is 23.6. The van der Waals surface area contributed by atoms with Crippen LogP contribution in [-0.4, -0.2) is 47.3 Å². The summed E-state index contributed by atoms with van der Waals surface area (Å²) < 4.78 is 20.7. The Balaban J connectivity index is 1.33. The Morgan fingerprint density at radius 1 is 1.15 bits per heavy atom. The van der Waals surface area contributed by atoms with Crippen LogP contribution in [0.1, 0.15) is 34.6 Å². The van der Waals surface area contributed by atoms with E-state index in [-0.39, 0.29) is 11.4 Å². The summed E-state index contributed by atoms with van der Waals surface area (Å²) in [6.07, 6.45) is 1.91. The van der Waals surface area contributed by atoms with Crippen molar-refractivity contribution in [3.8, 4) is 11.4 Å². The normalized spacial score (nSPS) is 14.7. The minimum atomic E-state index is -0.532. The highest BCUT2D eigenvalue weighted by atomic mass is 19.1. The molecule has 34 heavy (non-hydrogen) atoms. The van der Waals surface area contributed by atoms with Crippen molar-refractivity contribution in [3.63, 3.8) is 0 Å². The number of hydrogen-bond donors (Lipinski definition) is 1. The first-order valence-electron chi connectivity index (χ1n) is 11.4. The van der Waals surface area contributed by atoms with Crippen LogP contribution in [0.15, 0.2) is 59.4 Å². The van der Waals surface area contributed by atoms with Crippen LogP contribution >= 0.6 is 0 Å². The van der Waals surface area contributed by atoms with Gasteiger partial charge in [0.25, 0.3) is 5.91 Å². The molecule has 0 atom stereocenters. The number of ether oxygens (including phenoxy) is 1. The molecule has 1 aromatic heterocycles. The zero-order valence-electron chi connectivity index (χ0n) is 19.5. The highest BCUT2D eigenvalue weighted by Gasteiger charge is 2.22. The van der Waals surface area contributed by atoms with Crippen molar-refractivity contribution in [2.45, 2.75) is 26.3 Å². The molecular weight excluding hydrogens is 435 g/mol. The Morgan fingerprint density at radius 2 is 1.85 bits per heavy atom. The monoisotopic (exact) mass is 464 g/mol. The maximum Gasteiger partial charge on any atom is 0.275 e. The predicted molar refractivity (Wildman–Crippen MR) is 128 cm³/mol. The van der Waals surface area contributed by atoms with Crippen molar-refractivity contribution < 1.29 is 13.9 Å². The lowest BCUT2D eigenvalue weighted by Gasteiger charge is -2.32. The third-order valence-corrected chi connectivity index (χ3v) is 6.23. The van der Waals surface area contributed by atoms with E-state index in [0.717, 1.165) is 38.2 Å². The molecule has 1 amide bonds. The number of likely N-dealkylation sites (tertiary alicyclic amines) is 1. The first-order valence-corrected chi connectivity index (χ1v) is 11.4. The summed E-state index contributed by atoms with van der Waals surface area (Å²) in [4.78, 5) is 27.6. The fourth-order valence-electron chi connectivity index (χ4n) is 4.23. The molecule has 8 heteroatoms. The summed E-state index contributed by atoms with van der Waals surface area (Å²) in [6, 6.07) is 15.5. The molecule has 1 aliphatic heterocycles. The number of halogens is 1. The summed E-state index contributed by atoms with van der Waals surface area (Å²) in [7, 11) is 1.66. The second kappa shape index (κ2) is 10.6. The van der Waals surface area contributed by atoms with Gasteiger partial charge in [0.05, 0.1) is 7.11 Å². The average Bonchev–Trinajstić information content (AvgIpc) is 2.85. The van der Waals surface area contributed by atoms with Crippen LogP contribution in [0.2, 0.25) is 0 Å². The van der Waals surface area contributed by atoms with Gasteiger partial charge >= 0.3 is 0 Å². The van der Waals surface area contributed by atoms with E-state index in [4.69, 9.17) is 4.74 Å². The predicted octanol–water partition coefficient (Wildman–Crippen LogP) is 3.33. The highest BCUT2D eigenvalue weighted by molar-refractivity contribution is 5.92. The number of nitrogens with zero attached hydrogens (tertiary/aromatic N) is 3. The van der Waals surface area contributed by atoms with Crippen molar-refractivity contribution >= 4 is 5.91 Å². The van der Waals surface area contributed by atoms with Crippen molar-refractivity contribution in [3.05, 3.63) is 87.6 Å². The molecule has 0 bridgehead atoms. The Labute approximate surface area is 198 Å². The third kappa shape index (κ3) is 5.51. The molecule has 7 nitrogen and oxygen atoms in total. The summed E-state index contributed by atoms with van der Waals surface area (Å²) in [6.45, 7) is 4.89. The second-order valence-corrected chi connectivity index (χ2v) is 8.64. The van der Waals surface area contributed by atoms with Gasteiger partial charge in [0.2, 0.25) is 5.43 Å². The zero-order valence-corrected chi connectivity index (χ0v) is 19.5. The molecule has 1 N–H and O–H groups in total. The Kier molecular flexibility index (Phi) is 7.37. The van der Waals surface area contributed by atoms with Gasteiger partial charge in [0, 0.05) is 24.8 Å². The number of hydrogen-bond acceptors (Lipinski definition) is 5. The van der Waals surface area contributed by atoms with E-state index in [9.17, 15) is 14.0 Å². The number of carbonyl (C=O) groups is 1. The number of amides is 1. The van der Waals surface area contributed by atoms with Crippen LogP contribution in [0.3, 0.4) is 0 Å². The van der Waals surface area contributed by atoms with Crippen molar-refractivity contribution in [2.24, 2.45) is 5.92 Å². The molecular formula is C26H29FN4O3. The molecule has 3 aromatic rings. The van der Waals surface area contributed by atoms with E-state index in [2.05, 4.69) is 27.4 Å². The van der Waals surface area contributed by atoms with E-state index in [1.54, 1.807) is 32.2 Å². The highest BCUT2D eigenvalue weighted by Crippen LogP contribution is 2.20. The number of nitrogens with one attached hydrogen (secondary N) is 1. The molecule has 0 spiro atoms. The Bertz CT molecular complexity index is 1200. The van der Waals surface area contributed by atoms with Crippen LogP contribution < -0.4 is 15.5 Å². The number of benzene rings is 2. The fraction of sp³-hybridized carbons (Fsp3) is 0.346. The molecule has 0 unspecified atom stereocenters. The van der Waals surface area contributed by atoms with Gasteiger partial charge in [-0.15, -0.1) is 0 Å². The van der Waals surface area contributed by atoms with Gasteiger partial charge in [0.1, 0.15) is 17.3 Å². The number of carbonyl (C=O) groups excluding carboxylic acids is 1. The van der Waals surface area contributed by atoms with Crippen LogP contribution in [-0.2, 0) is 6.54 Å². The quantitative estimate of drug-likeness (QED) is 0.581. The molecule has 1 saturated heterocycles. The Hall–Kier alpha value is -3.52. The van der Waals surface area contributed by atoms with Gasteiger partial charge in [-0.25, -0.2) is 9.07 Å². The first-order chi connectivity index (χ1) is 16.4. The van der Waals surface area contributed by atoms with Crippen molar-refractivity contribution in [1.29, 1.82) is 0 Å². The largest absolute Gasteiger partial charge is 0.497 e. The fourth-order valence-corrected chi connectivity index (χ4v) is 4.23. The minimum absolute atomic E-state index is 0.193. The standard InChI is InChI=1S/C26H29FN4O3/c1-18-15-24(32)25(29-31(18)23-6-4-3-5-22(23)27)26(33)28-16-19-11-13-30(14-12-19)17-20-7-9-21(34-2)10-8-20/h3-10,15,19H,11-14,16-17H2,1-2H3,(H,28,33).